The number of halogens is 2. The molecule has 0 spiro atoms. The molecule has 2 aromatic rings. The summed E-state index contributed by atoms with van der Waals surface area (Å²) in [5.74, 6) is 0.109. The van der Waals surface area contributed by atoms with Crippen molar-refractivity contribution in [2.75, 3.05) is 5.73 Å². The fourth-order valence-electron chi connectivity index (χ4n) is 1.35. The number of H-pyrrole nitrogens is 1. The first-order valence-electron chi connectivity index (χ1n) is 4.39. The van der Waals surface area contributed by atoms with E-state index < -0.39 is 0 Å². The number of benzene rings is 1. The third kappa shape index (κ3) is 1.94. The van der Waals surface area contributed by atoms with Gasteiger partial charge in [-0.2, -0.15) is 5.10 Å². The average Bonchev–Trinajstić information content (AvgIpc) is 2.58. The Morgan fingerprint density at radius 2 is 2.27 bits per heavy atom. The van der Waals surface area contributed by atoms with Crippen LogP contribution >= 0.6 is 11.6 Å². The van der Waals surface area contributed by atoms with Gasteiger partial charge < -0.3 is 5.73 Å². The molecule has 0 bridgehead atoms. The van der Waals surface area contributed by atoms with Gasteiger partial charge in [-0.25, -0.2) is 4.39 Å². The molecule has 3 nitrogen and oxygen atoms in total. The number of nitrogens with zero attached hydrogens (tertiary/aromatic N) is 1. The van der Waals surface area contributed by atoms with Crippen molar-refractivity contribution in [2.45, 2.75) is 6.42 Å². The Morgan fingerprint density at radius 1 is 1.47 bits per heavy atom. The molecule has 0 aliphatic carbocycles. The van der Waals surface area contributed by atoms with Crippen LogP contribution in [-0.4, -0.2) is 10.2 Å². The van der Waals surface area contributed by atoms with Gasteiger partial charge in [-0.05, 0) is 12.1 Å². The van der Waals surface area contributed by atoms with Crippen molar-refractivity contribution in [1.82, 2.24) is 10.2 Å². The Hall–Kier alpha value is -1.55. The lowest BCUT2D eigenvalue weighted by atomic mass is 10.1. The minimum atomic E-state index is -0.330. The lowest BCUT2D eigenvalue weighted by Crippen LogP contribution is -1.96. The summed E-state index contributed by atoms with van der Waals surface area (Å²) in [6, 6.07) is 4.59. The van der Waals surface area contributed by atoms with Crippen molar-refractivity contribution >= 4 is 17.4 Å². The molecule has 0 aliphatic heterocycles. The Kier molecular flexibility index (Phi) is 2.60. The van der Waals surface area contributed by atoms with Gasteiger partial charge in [-0.15, -0.1) is 0 Å². The molecule has 0 amide bonds. The van der Waals surface area contributed by atoms with E-state index in [0.717, 1.165) is 5.56 Å². The Morgan fingerprint density at radius 3 is 2.87 bits per heavy atom. The van der Waals surface area contributed by atoms with Crippen LogP contribution < -0.4 is 5.73 Å². The van der Waals surface area contributed by atoms with E-state index in [4.69, 9.17) is 17.3 Å². The summed E-state index contributed by atoms with van der Waals surface area (Å²) >= 11 is 5.89. The van der Waals surface area contributed by atoms with Gasteiger partial charge in [-0.1, -0.05) is 17.7 Å². The zero-order valence-corrected chi connectivity index (χ0v) is 8.55. The summed E-state index contributed by atoms with van der Waals surface area (Å²) in [5.41, 5.74) is 6.78. The van der Waals surface area contributed by atoms with Gasteiger partial charge in [0.1, 0.15) is 11.6 Å². The fourth-order valence-corrected chi connectivity index (χ4v) is 1.58. The van der Waals surface area contributed by atoms with E-state index in [0.29, 0.717) is 22.8 Å². The van der Waals surface area contributed by atoms with Crippen LogP contribution in [0.3, 0.4) is 0 Å². The predicted octanol–water partition coefficient (Wildman–Crippen LogP) is 2.38. The largest absolute Gasteiger partial charge is 0.384 e. The van der Waals surface area contributed by atoms with Gasteiger partial charge >= 0.3 is 0 Å². The van der Waals surface area contributed by atoms with E-state index in [1.165, 1.54) is 6.07 Å². The van der Waals surface area contributed by atoms with Crippen LogP contribution in [0.5, 0.6) is 0 Å². The number of hydrogen-bond donors (Lipinski definition) is 2. The standard InChI is InChI=1S/C10H9ClFN3/c11-8-2-1-3-9(12)7(8)4-6-5-14-15-10(6)13/h1-3,5H,4H2,(H3,13,14,15). The van der Waals surface area contributed by atoms with E-state index in [1.807, 2.05) is 0 Å². The quantitative estimate of drug-likeness (QED) is 0.825. The number of anilines is 1. The minimum Gasteiger partial charge on any atom is -0.384 e. The normalized spacial score (nSPS) is 10.5. The molecule has 0 fully saturated rings. The Balaban J connectivity index is 2.36. The third-order valence-electron chi connectivity index (χ3n) is 2.18. The summed E-state index contributed by atoms with van der Waals surface area (Å²) in [6.07, 6.45) is 1.91. The highest BCUT2D eigenvalue weighted by atomic mass is 35.5. The van der Waals surface area contributed by atoms with Crippen molar-refractivity contribution in [2.24, 2.45) is 0 Å². The Bertz CT molecular complexity index is 461. The zero-order chi connectivity index (χ0) is 10.8. The van der Waals surface area contributed by atoms with Crippen molar-refractivity contribution in [3.05, 3.63) is 46.4 Å². The Labute approximate surface area is 91.1 Å². The van der Waals surface area contributed by atoms with Gasteiger partial charge in [0, 0.05) is 22.6 Å². The molecule has 1 aromatic heterocycles. The number of aromatic amines is 1. The first kappa shape index (κ1) is 9.98. The maximum absolute atomic E-state index is 13.4. The van der Waals surface area contributed by atoms with Crippen LogP contribution in [-0.2, 0) is 6.42 Å². The summed E-state index contributed by atoms with van der Waals surface area (Å²) in [4.78, 5) is 0. The second kappa shape index (κ2) is 3.90. The molecule has 78 valence electrons. The highest BCUT2D eigenvalue weighted by Gasteiger charge is 2.10. The molecule has 1 aromatic carbocycles. The lowest BCUT2D eigenvalue weighted by molar-refractivity contribution is 0.614. The molecule has 0 radical (unpaired) electrons. The first-order chi connectivity index (χ1) is 7.18. The maximum Gasteiger partial charge on any atom is 0.128 e. The van der Waals surface area contributed by atoms with Crippen molar-refractivity contribution < 1.29 is 4.39 Å². The number of nitrogens with one attached hydrogen (secondary N) is 1. The maximum atomic E-state index is 13.4. The summed E-state index contributed by atoms with van der Waals surface area (Å²) in [7, 11) is 0. The molecular formula is C10H9ClFN3. The van der Waals surface area contributed by atoms with Gasteiger partial charge in [0.25, 0.3) is 0 Å². The van der Waals surface area contributed by atoms with Gasteiger partial charge in [-0.3, -0.25) is 5.10 Å². The number of nitrogen functional groups attached to an aromatic ring is 1. The molecule has 0 saturated carbocycles. The molecule has 0 unspecified atom stereocenters. The van der Waals surface area contributed by atoms with Gasteiger partial charge in [0.15, 0.2) is 0 Å². The second-order valence-corrected chi connectivity index (χ2v) is 3.59. The topological polar surface area (TPSA) is 54.7 Å². The highest BCUT2D eigenvalue weighted by molar-refractivity contribution is 6.31. The molecule has 0 atom stereocenters. The molecule has 0 saturated heterocycles. The van der Waals surface area contributed by atoms with E-state index in [-0.39, 0.29) is 5.82 Å². The molecule has 2 rings (SSSR count). The monoisotopic (exact) mass is 225 g/mol. The van der Waals surface area contributed by atoms with Crippen LogP contribution in [0.15, 0.2) is 24.4 Å². The van der Waals surface area contributed by atoms with Gasteiger partial charge in [0.2, 0.25) is 0 Å². The van der Waals surface area contributed by atoms with E-state index >= 15 is 0 Å². The lowest BCUT2D eigenvalue weighted by Gasteiger charge is -2.04. The molecule has 3 N–H and O–H groups in total. The number of rotatable bonds is 2. The molecule has 15 heavy (non-hydrogen) atoms. The molecule has 5 heteroatoms. The smallest absolute Gasteiger partial charge is 0.128 e. The van der Waals surface area contributed by atoms with Crippen LogP contribution in [0, 0.1) is 5.82 Å². The molecular weight excluding hydrogens is 217 g/mol. The summed E-state index contributed by atoms with van der Waals surface area (Å²) < 4.78 is 13.4. The van der Waals surface area contributed by atoms with Crippen molar-refractivity contribution in [3.63, 3.8) is 0 Å². The van der Waals surface area contributed by atoms with Crippen LogP contribution in [0.4, 0.5) is 10.2 Å². The number of nitrogens with two attached hydrogens (primary N) is 1. The average molecular weight is 226 g/mol. The second-order valence-electron chi connectivity index (χ2n) is 3.19. The SMILES string of the molecule is Nc1[nH]ncc1Cc1c(F)cccc1Cl. The van der Waals surface area contributed by atoms with Crippen molar-refractivity contribution in [1.29, 1.82) is 0 Å². The minimum absolute atomic E-state index is 0.330. The summed E-state index contributed by atoms with van der Waals surface area (Å²) in [5, 5.41) is 6.75. The van der Waals surface area contributed by atoms with E-state index in [2.05, 4.69) is 10.2 Å². The van der Waals surface area contributed by atoms with E-state index in [9.17, 15) is 4.39 Å². The van der Waals surface area contributed by atoms with Crippen LogP contribution in [0.2, 0.25) is 5.02 Å². The summed E-state index contributed by atoms with van der Waals surface area (Å²) in [6.45, 7) is 0. The molecule has 0 aliphatic rings. The van der Waals surface area contributed by atoms with Crippen LogP contribution in [0.1, 0.15) is 11.1 Å². The van der Waals surface area contributed by atoms with Gasteiger partial charge in [0.05, 0.1) is 6.20 Å². The van der Waals surface area contributed by atoms with E-state index in [1.54, 1.807) is 18.3 Å². The first-order valence-corrected chi connectivity index (χ1v) is 4.77. The highest BCUT2D eigenvalue weighted by Crippen LogP contribution is 2.23. The third-order valence-corrected chi connectivity index (χ3v) is 2.53. The number of hydrogen-bond acceptors (Lipinski definition) is 2. The zero-order valence-electron chi connectivity index (χ0n) is 7.80. The fraction of sp³-hybridized carbons (Fsp3) is 0.100. The van der Waals surface area contributed by atoms with Crippen LogP contribution in [0.25, 0.3) is 0 Å². The number of aromatic nitrogens is 2. The predicted molar refractivity (Wildman–Crippen MR) is 57.2 cm³/mol. The molecule has 1 heterocycles. The van der Waals surface area contributed by atoms with Crippen molar-refractivity contribution in [3.8, 4) is 0 Å².